The second kappa shape index (κ2) is 3.00. The van der Waals surface area contributed by atoms with Crippen LogP contribution in [0.4, 0.5) is 0 Å². The van der Waals surface area contributed by atoms with Crippen LogP contribution < -0.4 is 0 Å². The Morgan fingerprint density at radius 1 is 1.10 bits per heavy atom. The van der Waals surface area contributed by atoms with E-state index < -0.39 is 0 Å². The summed E-state index contributed by atoms with van der Waals surface area (Å²) in [7, 11) is 0. The highest BCUT2D eigenvalue weighted by Crippen LogP contribution is 2.19. The molecule has 0 heterocycles. The molecule has 1 rings (SSSR count). The normalized spacial score (nSPS) is 21.2. The van der Waals surface area contributed by atoms with Crippen molar-refractivity contribution >= 4 is 5.78 Å². The number of Topliss-reactive ketones (excluding diaryl/α,β-unsaturated/α-hetero) is 1. The molecular formula is C9H14O. The fourth-order valence-corrected chi connectivity index (χ4v) is 1.29. The molecule has 0 atom stereocenters. The summed E-state index contributed by atoms with van der Waals surface area (Å²) >= 11 is 0. The summed E-state index contributed by atoms with van der Waals surface area (Å²) in [5.41, 5.74) is 2.31. The van der Waals surface area contributed by atoms with Gasteiger partial charge in [-0.15, -0.1) is 0 Å². The molecule has 0 fully saturated rings. The Morgan fingerprint density at radius 2 is 1.70 bits per heavy atom. The summed E-state index contributed by atoms with van der Waals surface area (Å²) in [6.07, 6.45) is 4.16. The van der Waals surface area contributed by atoms with Gasteiger partial charge >= 0.3 is 0 Å². The van der Waals surface area contributed by atoms with Crippen LogP contribution in [0, 0.1) is 0 Å². The van der Waals surface area contributed by atoms with E-state index in [0.717, 1.165) is 24.8 Å². The number of rotatable bonds is 0. The molecule has 0 aliphatic heterocycles. The maximum Gasteiger partial charge on any atom is 0.158 e. The summed E-state index contributed by atoms with van der Waals surface area (Å²) in [4.78, 5) is 11.2. The average Bonchev–Trinajstić information content (AvgIpc) is 2.04. The van der Waals surface area contributed by atoms with E-state index in [1.54, 1.807) is 0 Å². The largest absolute Gasteiger partial charge is 0.295 e. The summed E-state index contributed by atoms with van der Waals surface area (Å²) in [5, 5.41) is 0. The number of hydrogen-bond acceptors (Lipinski definition) is 1. The van der Waals surface area contributed by atoms with Crippen LogP contribution in [-0.2, 0) is 4.79 Å². The summed E-state index contributed by atoms with van der Waals surface area (Å²) in [5.74, 6) is 0.356. The molecule has 0 saturated heterocycles. The predicted molar refractivity (Wildman–Crippen MR) is 41.8 cm³/mol. The van der Waals surface area contributed by atoms with Gasteiger partial charge in [0, 0.05) is 6.42 Å². The number of carbonyl (C=O) groups is 1. The van der Waals surface area contributed by atoms with Gasteiger partial charge in [0.15, 0.2) is 5.78 Å². The molecule has 1 aliphatic rings. The maximum absolute atomic E-state index is 11.2. The van der Waals surface area contributed by atoms with Gasteiger partial charge < -0.3 is 0 Å². The quantitative estimate of drug-likeness (QED) is 0.502. The van der Waals surface area contributed by atoms with Gasteiger partial charge in [0.1, 0.15) is 0 Å². The van der Waals surface area contributed by atoms with E-state index in [2.05, 4.69) is 6.92 Å². The molecule has 0 radical (unpaired) electrons. The SMILES string of the molecule is CC1=C(C)C(=O)CCCC1. The molecule has 0 bridgehead atoms. The second-order valence-corrected chi connectivity index (χ2v) is 3.04. The number of hydrogen-bond donors (Lipinski definition) is 0. The smallest absolute Gasteiger partial charge is 0.158 e. The highest BCUT2D eigenvalue weighted by molar-refractivity contribution is 5.95. The second-order valence-electron chi connectivity index (χ2n) is 3.04. The molecule has 56 valence electrons. The van der Waals surface area contributed by atoms with Gasteiger partial charge in [-0.2, -0.15) is 0 Å². The van der Waals surface area contributed by atoms with Gasteiger partial charge in [-0.05, 0) is 38.7 Å². The van der Waals surface area contributed by atoms with Crippen molar-refractivity contribution in [2.75, 3.05) is 0 Å². The highest BCUT2D eigenvalue weighted by Gasteiger charge is 2.10. The van der Waals surface area contributed by atoms with E-state index >= 15 is 0 Å². The van der Waals surface area contributed by atoms with E-state index in [1.165, 1.54) is 12.0 Å². The molecule has 0 spiro atoms. The lowest BCUT2D eigenvalue weighted by atomic mass is 10.1. The molecule has 0 aromatic carbocycles. The molecule has 0 saturated carbocycles. The van der Waals surface area contributed by atoms with Crippen molar-refractivity contribution in [3.8, 4) is 0 Å². The minimum absolute atomic E-state index is 0.356. The third-order valence-corrected chi connectivity index (χ3v) is 2.26. The Hall–Kier alpha value is -0.590. The van der Waals surface area contributed by atoms with Crippen molar-refractivity contribution in [2.24, 2.45) is 0 Å². The van der Waals surface area contributed by atoms with Gasteiger partial charge in [0.25, 0.3) is 0 Å². The topological polar surface area (TPSA) is 17.1 Å². The molecule has 0 unspecified atom stereocenters. The summed E-state index contributed by atoms with van der Waals surface area (Å²) in [6, 6.07) is 0. The fourth-order valence-electron chi connectivity index (χ4n) is 1.29. The molecular weight excluding hydrogens is 124 g/mol. The molecule has 1 heteroatoms. The van der Waals surface area contributed by atoms with Crippen molar-refractivity contribution < 1.29 is 4.79 Å². The van der Waals surface area contributed by atoms with Crippen molar-refractivity contribution in [3.05, 3.63) is 11.1 Å². The summed E-state index contributed by atoms with van der Waals surface area (Å²) < 4.78 is 0. The number of ketones is 1. The predicted octanol–water partition coefficient (Wildman–Crippen LogP) is 2.47. The van der Waals surface area contributed by atoms with Crippen molar-refractivity contribution in [1.82, 2.24) is 0 Å². The Labute approximate surface area is 62.1 Å². The number of allylic oxidation sites excluding steroid dienone is 2. The standard InChI is InChI=1S/C9H14O/c1-7-5-3-4-6-9(10)8(7)2/h3-6H2,1-2H3. The first kappa shape index (κ1) is 7.52. The van der Waals surface area contributed by atoms with Crippen LogP contribution in [0.15, 0.2) is 11.1 Å². The molecule has 10 heavy (non-hydrogen) atoms. The van der Waals surface area contributed by atoms with E-state index in [9.17, 15) is 4.79 Å². The first-order valence-corrected chi connectivity index (χ1v) is 3.91. The Kier molecular flexibility index (Phi) is 2.25. The van der Waals surface area contributed by atoms with Crippen LogP contribution >= 0.6 is 0 Å². The van der Waals surface area contributed by atoms with Crippen LogP contribution in [0.25, 0.3) is 0 Å². The molecule has 0 aromatic heterocycles. The van der Waals surface area contributed by atoms with Crippen LogP contribution in [0.2, 0.25) is 0 Å². The Bertz CT molecular complexity index is 177. The minimum atomic E-state index is 0.356. The molecule has 0 N–H and O–H groups in total. The molecule has 1 aliphatic carbocycles. The molecule has 0 amide bonds. The van der Waals surface area contributed by atoms with Crippen LogP contribution in [-0.4, -0.2) is 5.78 Å². The monoisotopic (exact) mass is 138 g/mol. The number of carbonyl (C=O) groups excluding carboxylic acids is 1. The van der Waals surface area contributed by atoms with Gasteiger partial charge in [-0.25, -0.2) is 0 Å². The zero-order valence-electron chi connectivity index (χ0n) is 6.74. The van der Waals surface area contributed by atoms with Crippen LogP contribution in [0.1, 0.15) is 39.5 Å². The lowest BCUT2D eigenvalue weighted by Crippen LogP contribution is -1.97. The van der Waals surface area contributed by atoms with Gasteiger partial charge in [0.2, 0.25) is 0 Å². The zero-order valence-corrected chi connectivity index (χ0v) is 6.74. The lowest BCUT2D eigenvalue weighted by Gasteiger charge is -1.98. The van der Waals surface area contributed by atoms with E-state index in [-0.39, 0.29) is 0 Å². The third kappa shape index (κ3) is 1.47. The average molecular weight is 138 g/mol. The minimum Gasteiger partial charge on any atom is -0.295 e. The van der Waals surface area contributed by atoms with Crippen molar-refractivity contribution in [2.45, 2.75) is 39.5 Å². The van der Waals surface area contributed by atoms with E-state index in [4.69, 9.17) is 0 Å². The van der Waals surface area contributed by atoms with Gasteiger partial charge in [-0.1, -0.05) is 5.57 Å². The Morgan fingerprint density at radius 3 is 2.40 bits per heavy atom. The first-order valence-electron chi connectivity index (χ1n) is 3.91. The van der Waals surface area contributed by atoms with Crippen LogP contribution in [0.5, 0.6) is 0 Å². The van der Waals surface area contributed by atoms with Crippen molar-refractivity contribution in [3.63, 3.8) is 0 Å². The maximum atomic E-state index is 11.2. The van der Waals surface area contributed by atoms with E-state index in [1.807, 2.05) is 6.92 Å². The first-order chi connectivity index (χ1) is 4.72. The Balaban J connectivity index is 2.79. The van der Waals surface area contributed by atoms with Gasteiger partial charge in [0.05, 0.1) is 0 Å². The molecule has 1 nitrogen and oxygen atoms in total. The molecule has 0 aromatic rings. The van der Waals surface area contributed by atoms with Gasteiger partial charge in [-0.3, -0.25) is 4.79 Å². The van der Waals surface area contributed by atoms with Crippen LogP contribution in [0.3, 0.4) is 0 Å². The lowest BCUT2D eigenvalue weighted by molar-refractivity contribution is -0.115. The summed E-state index contributed by atoms with van der Waals surface area (Å²) in [6.45, 7) is 4.02. The zero-order chi connectivity index (χ0) is 7.56. The van der Waals surface area contributed by atoms with Crippen molar-refractivity contribution in [1.29, 1.82) is 0 Å². The highest BCUT2D eigenvalue weighted by atomic mass is 16.1. The fraction of sp³-hybridized carbons (Fsp3) is 0.667. The third-order valence-electron chi connectivity index (χ3n) is 2.26. The van der Waals surface area contributed by atoms with E-state index in [0.29, 0.717) is 5.78 Å².